The number of carbonyl (C=O) groups excluding carboxylic acids is 2. The van der Waals surface area contributed by atoms with E-state index >= 15 is 0 Å². The third-order valence-electron chi connectivity index (χ3n) is 5.13. The number of pyridine rings is 1. The van der Waals surface area contributed by atoms with Crippen LogP contribution in [0.25, 0.3) is 0 Å². The number of hydrogen-bond donors (Lipinski definition) is 0. The van der Waals surface area contributed by atoms with Crippen molar-refractivity contribution >= 4 is 23.6 Å². The van der Waals surface area contributed by atoms with E-state index in [9.17, 15) is 14.0 Å². The zero-order chi connectivity index (χ0) is 21.6. The van der Waals surface area contributed by atoms with Crippen LogP contribution in [0, 0.1) is 5.82 Å². The van der Waals surface area contributed by atoms with E-state index in [1.807, 2.05) is 30.3 Å². The van der Waals surface area contributed by atoms with Crippen LogP contribution in [0.5, 0.6) is 0 Å². The number of halogens is 1. The van der Waals surface area contributed by atoms with Crippen LogP contribution in [0.3, 0.4) is 0 Å². The van der Waals surface area contributed by atoms with Gasteiger partial charge < -0.3 is 9.80 Å². The molecule has 0 unspecified atom stereocenters. The van der Waals surface area contributed by atoms with E-state index in [1.54, 1.807) is 40.3 Å². The Balaban J connectivity index is 1.47. The normalized spacial score (nSPS) is 14.2. The predicted octanol–water partition coefficient (Wildman–Crippen LogP) is 4.36. The van der Waals surface area contributed by atoms with Crippen LogP contribution >= 0.6 is 11.8 Å². The molecule has 0 N–H and O–H groups in total. The smallest absolute Gasteiger partial charge is 0.256 e. The Hall–Kier alpha value is -3.19. The summed E-state index contributed by atoms with van der Waals surface area (Å²) in [6, 6.07) is 19.3. The highest BCUT2D eigenvalue weighted by atomic mass is 32.2. The second kappa shape index (κ2) is 9.75. The number of aromatic nitrogens is 1. The van der Waals surface area contributed by atoms with Crippen molar-refractivity contribution in [2.75, 3.05) is 26.2 Å². The summed E-state index contributed by atoms with van der Waals surface area (Å²) in [5, 5.41) is 0.655. The number of carbonyl (C=O) groups is 2. The van der Waals surface area contributed by atoms with Crippen molar-refractivity contribution in [2.24, 2.45) is 0 Å². The Kier molecular flexibility index (Phi) is 6.62. The largest absolute Gasteiger partial charge is 0.337 e. The highest BCUT2D eigenvalue weighted by Crippen LogP contribution is 2.29. The molecule has 4 rings (SSSR count). The Morgan fingerprint density at radius 1 is 0.774 bits per heavy atom. The predicted molar refractivity (Wildman–Crippen MR) is 118 cm³/mol. The number of hydrogen-bond acceptors (Lipinski definition) is 4. The zero-order valence-corrected chi connectivity index (χ0v) is 17.7. The van der Waals surface area contributed by atoms with Gasteiger partial charge in [-0.3, -0.25) is 9.59 Å². The lowest BCUT2D eigenvalue weighted by Gasteiger charge is -2.23. The number of amides is 2. The monoisotopic (exact) mass is 435 g/mol. The van der Waals surface area contributed by atoms with E-state index in [-0.39, 0.29) is 17.4 Å². The van der Waals surface area contributed by atoms with Gasteiger partial charge in [0.2, 0.25) is 0 Å². The average Bonchev–Trinajstić information content (AvgIpc) is 3.06. The molecule has 2 aromatic carbocycles. The van der Waals surface area contributed by atoms with Crippen molar-refractivity contribution in [3.05, 3.63) is 89.9 Å². The van der Waals surface area contributed by atoms with Gasteiger partial charge in [-0.2, -0.15) is 0 Å². The van der Waals surface area contributed by atoms with Crippen LogP contribution < -0.4 is 0 Å². The minimum atomic E-state index is -0.525. The summed E-state index contributed by atoms with van der Waals surface area (Å²) in [6.45, 7) is 1.77. The molecule has 0 aliphatic carbocycles. The van der Waals surface area contributed by atoms with Gasteiger partial charge in [-0.15, -0.1) is 0 Å². The van der Waals surface area contributed by atoms with Crippen molar-refractivity contribution in [3.63, 3.8) is 0 Å². The van der Waals surface area contributed by atoms with Gasteiger partial charge in [0.05, 0.1) is 11.1 Å². The van der Waals surface area contributed by atoms with E-state index in [0.29, 0.717) is 43.2 Å². The fourth-order valence-corrected chi connectivity index (χ4v) is 4.43. The first kappa shape index (κ1) is 21.1. The van der Waals surface area contributed by atoms with Crippen molar-refractivity contribution in [1.82, 2.24) is 14.8 Å². The summed E-state index contributed by atoms with van der Waals surface area (Å²) in [5.41, 5.74) is 0.612. The van der Waals surface area contributed by atoms with Gasteiger partial charge in [-0.1, -0.05) is 42.1 Å². The van der Waals surface area contributed by atoms with Crippen molar-refractivity contribution < 1.29 is 14.0 Å². The molecular formula is C24H22FN3O2S. The van der Waals surface area contributed by atoms with E-state index in [2.05, 4.69) is 4.98 Å². The summed E-state index contributed by atoms with van der Waals surface area (Å²) in [5.74, 6) is -0.969. The third kappa shape index (κ3) is 4.94. The van der Waals surface area contributed by atoms with Crippen molar-refractivity contribution in [3.8, 4) is 0 Å². The van der Waals surface area contributed by atoms with Gasteiger partial charge in [-0.25, -0.2) is 9.37 Å². The third-order valence-corrected chi connectivity index (χ3v) is 6.16. The van der Waals surface area contributed by atoms with Gasteiger partial charge in [0, 0.05) is 37.3 Å². The lowest BCUT2D eigenvalue weighted by Crippen LogP contribution is -2.37. The highest BCUT2D eigenvalue weighted by Gasteiger charge is 2.26. The first-order valence-corrected chi connectivity index (χ1v) is 11.0. The summed E-state index contributed by atoms with van der Waals surface area (Å²) in [4.78, 5) is 34.8. The molecule has 5 nitrogen and oxygen atoms in total. The molecule has 0 radical (unpaired) electrons. The molecule has 1 saturated heterocycles. The maximum atomic E-state index is 14.0. The Morgan fingerprint density at radius 3 is 2.10 bits per heavy atom. The van der Waals surface area contributed by atoms with E-state index in [0.717, 1.165) is 4.90 Å². The fraction of sp³-hybridized carbons (Fsp3) is 0.208. The molecule has 1 aliphatic heterocycles. The Morgan fingerprint density at radius 2 is 1.39 bits per heavy atom. The Labute approximate surface area is 184 Å². The number of benzene rings is 2. The molecule has 7 heteroatoms. The maximum Gasteiger partial charge on any atom is 0.256 e. The second-order valence-corrected chi connectivity index (χ2v) is 8.25. The summed E-state index contributed by atoms with van der Waals surface area (Å²) >= 11 is 1.45. The minimum absolute atomic E-state index is 0.0658. The topological polar surface area (TPSA) is 53.5 Å². The Bertz CT molecular complexity index is 1080. The van der Waals surface area contributed by atoms with Crippen LogP contribution in [0.4, 0.5) is 4.39 Å². The molecule has 0 atom stereocenters. The molecule has 1 aromatic heterocycles. The quantitative estimate of drug-likeness (QED) is 0.611. The second-order valence-electron chi connectivity index (χ2n) is 7.19. The fourth-order valence-electron chi connectivity index (χ4n) is 3.53. The molecule has 2 amide bonds. The van der Waals surface area contributed by atoms with Crippen LogP contribution in [0.2, 0.25) is 0 Å². The van der Waals surface area contributed by atoms with Crippen LogP contribution in [-0.2, 0) is 0 Å². The molecule has 3 aromatic rings. The molecular weight excluding hydrogens is 413 g/mol. The van der Waals surface area contributed by atoms with Gasteiger partial charge in [0.15, 0.2) is 0 Å². The molecule has 31 heavy (non-hydrogen) atoms. The van der Waals surface area contributed by atoms with Crippen LogP contribution in [0.15, 0.2) is 82.8 Å². The average molecular weight is 436 g/mol. The molecule has 1 aliphatic rings. The summed E-state index contributed by atoms with van der Waals surface area (Å²) in [7, 11) is 0. The first-order chi connectivity index (χ1) is 15.1. The van der Waals surface area contributed by atoms with E-state index < -0.39 is 5.82 Å². The highest BCUT2D eigenvalue weighted by molar-refractivity contribution is 7.99. The lowest BCUT2D eigenvalue weighted by atomic mass is 10.2. The molecule has 0 spiro atoms. The summed E-state index contributed by atoms with van der Waals surface area (Å²) < 4.78 is 14.0. The standard InChI is InChI=1S/C24H22FN3O2S/c25-21-12-5-4-10-19(21)23(29)27-14-7-15-28(17-16-27)24(30)20-11-6-13-26-22(20)31-18-8-2-1-3-9-18/h1-6,8-13H,7,14-17H2. The molecule has 2 heterocycles. The van der Waals surface area contributed by atoms with Gasteiger partial charge in [0.25, 0.3) is 11.8 Å². The molecule has 0 bridgehead atoms. The molecule has 158 valence electrons. The van der Waals surface area contributed by atoms with Gasteiger partial charge >= 0.3 is 0 Å². The van der Waals surface area contributed by atoms with Gasteiger partial charge in [0.1, 0.15) is 10.8 Å². The molecule has 1 fully saturated rings. The van der Waals surface area contributed by atoms with Crippen molar-refractivity contribution in [2.45, 2.75) is 16.3 Å². The number of nitrogens with zero attached hydrogens (tertiary/aromatic N) is 3. The number of rotatable bonds is 4. The lowest BCUT2D eigenvalue weighted by molar-refractivity contribution is 0.0714. The van der Waals surface area contributed by atoms with Crippen LogP contribution in [0.1, 0.15) is 27.1 Å². The zero-order valence-electron chi connectivity index (χ0n) is 16.9. The van der Waals surface area contributed by atoms with E-state index in [4.69, 9.17) is 0 Å². The first-order valence-electron chi connectivity index (χ1n) is 10.1. The van der Waals surface area contributed by atoms with E-state index in [1.165, 1.54) is 23.9 Å². The maximum absolute atomic E-state index is 14.0. The SMILES string of the molecule is O=C(c1ccccc1F)N1CCCN(C(=O)c2cccnc2Sc2ccccc2)CC1. The minimum Gasteiger partial charge on any atom is -0.337 e. The van der Waals surface area contributed by atoms with Gasteiger partial charge in [-0.05, 0) is 42.8 Å². The van der Waals surface area contributed by atoms with Crippen LogP contribution in [-0.4, -0.2) is 52.8 Å². The summed E-state index contributed by atoms with van der Waals surface area (Å²) in [6.07, 6.45) is 2.31. The van der Waals surface area contributed by atoms with Crippen molar-refractivity contribution in [1.29, 1.82) is 0 Å². The molecule has 0 saturated carbocycles.